The quantitative estimate of drug-likeness (QED) is 0.127. The Kier molecular flexibility index (Phi) is 39.6. The highest BCUT2D eigenvalue weighted by Gasteiger charge is 2.47. The van der Waals surface area contributed by atoms with Crippen molar-refractivity contribution < 1.29 is 0 Å². The average Bonchev–Trinajstić information content (AvgIpc) is 2.72. The smallest absolute Gasteiger partial charge is 0.0690 e. The Morgan fingerprint density at radius 3 is 0.778 bits per heavy atom. The molecule has 0 aliphatic heterocycles. The molecule has 0 saturated heterocycles. The summed E-state index contributed by atoms with van der Waals surface area (Å²) >= 11 is 0. The minimum absolute atomic E-state index is 0.0887. The minimum atomic E-state index is -0.750. The largest absolute Gasteiger partial charge is 0.109 e. The molecule has 23 unspecified atom stereocenters. The van der Waals surface area contributed by atoms with Gasteiger partial charge in [-0.15, -0.1) is 161 Å². The van der Waals surface area contributed by atoms with Crippen LogP contribution in [-0.2, 0) is 0 Å². The molecule has 0 N–H and O–H groups in total. The monoisotopic (exact) mass is 1160 g/mol. The van der Waals surface area contributed by atoms with E-state index < -0.39 is 7.90 Å². The van der Waals surface area contributed by atoms with Crippen LogP contribution in [0.1, 0.15) is 0 Å². The van der Waals surface area contributed by atoms with E-state index in [4.69, 9.17) is 0 Å². The van der Waals surface area contributed by atoms with E-state index in [0.29, 0.717) is 0 Å². The summed E-state index contributed by atoms with van der Waals surface area (Å²) in [4.78, 5) is 0. The summed E-state index contributed by atoms with van der Waals surface area (Å²) in [7, 11) is 58.9. The third-order valence-corrected chi connectivity index (χ3v) is 238. The maximum absolute atomic E-state index is 10.6. The zero-order valence-corrected chi connectivity index (χ0v) is 55.5. The van der Waals surface area contributed by atoms with Crippen LogP contribution in [0.2, 0.25) is 0 Å². The van der Waals surface area contributed by atoms with Crippen LogP contribution in [0.4, 0.5) is 0 Å². The Morgan fingerprint density at radius 2 is 0.583 bits per heavy atom. The van der Waals surface area contributed by atoms with Gasteiger partial charge in [-0.3, -0.25) is 0 Å². The second-order valence-corrected chi connectivity index (χ2v) is 148. The van der Waals surface area contributed by atoms with Crippen molar-refractivity contribution >= 4 is 288 Å². The van der Waals surface area contributed by atoms with E-state index in [1.54, 1.807) is 0 Å². The zero-order valence-electron chi connectivity index (χ0n) is 19.5. The van der Waals surface area contributed by atoms with Gasteiger partial charge < -0.3 is 0 Å². The van der Waals surface area contributed by atoms with Crippen LogP contribution in [0.15, 0.2) is 0 Å². The topological polar surface area (TPSA) is 0 Å². The van der Waals surface area contributed by atoms with Crippen molar-refractivity contribution in [3.63, 3.8) is 0 Å². The molecule has 0 rings (SSSR count). The third kappa shape index (κ3) is 19.4. The molecule has 0 aromatic heterocycles. The van der Waals surface area contributed by atoms with Crippen LogP contribution in [-0.4, -0.2) is 1.28 Å². The SMILES string of the molecule is [3H]P(P(P(P(P)P)P(P)P)P(P(P)P)P(P)P)P(P(P(P)P)P(P)P)P(P(P)PP)P(P(P)P)P(P)P. The summed E-state index contributed by atoms with van der Waals surface area (Å²) in [5, 5.41) is 0. The van der Waals surface area contributed by atoms with Gasteiger partial charge in [0.15, 0.2) is 0 Å². The first-order valence-electron chi connectivity index (χ1n) is 8.55. The van der Waals surface area contributed by atoms with Crippen molar-refractivity contribution in [2.75, 3.05) is 0 Å². The molecule has 0 spiro atoms. The standard InChI is InChI=1S/H38P36/c1-19-29(18)36(35(27(14)15)28(16)17)31(34(25(10)11)26(12)13)20-30(32(21(2)3)22(4)5)33(23(6)7)24(8)9/h19-20H,1-18H2/i20T. The molecule has 0 aliphatic rings. The van der Waals surface area contributed by atoms with Gasteiger partial charge >= 0.3 is 0 Å². The van der Waals surface area contributed by atoms with Gasteiger partial charge in [-0.25, -0.2) is 0 Å². The summed E-state index contributed by atoms with van der Waals surface area (Å²) < 4.78 is 10.6. The Bertz CT molecular complexity index is 531. The van der Waals surface area contributed by atoms with Crippen molar-refractivity contribution in [3.8, 4) is 0 Å². The predicted octanol–water partition coefficient (Wildman–Crippen LogP) is 20.8. The van der Waals surface area contributed by atoms with E-state index in [0.717, 1.165) is 7.96 Å². The van der Waals surface area contributed by atoms with Gasteiger partial charge in [-0.1, -0.05) is 7.96 Å². The van der Waals surface area contributed by atoms with Crippen molar-refractivity contribution in [2.24, 2.45) is 0 Å². The second-order valence-electron chi connectivity index (χ2n) is 5.48. The molecule has 0 heterocycles. The third-order valence-electron chi connectivity index (χ3n) is 2.94. The maximum Gasteiger partial charge on any atom is 0.0690 e. The predicted molar refractivity (Wildman–Crippen MR) is 302 cm³/mol. The molecule has 0 aromatic carbocycles. The molecule has 0 amide bonds. The van der Waals surface area contributed by atoms with Crippen molar-refractivity contribution in [1.82, 2.24) is 0 Å². The highest BCUT2D eigenvalue weighted by Crippen LogP contribution is 3.36. The van der Waals surface area contributed by atoms with Crippen molar-refractivity contribution in [2.45, 2.75) is 0 Å². The fraction of sp³-hybridized carbons (Fsp3) is 0. The summed E-state index contributed by atoms with van der Waals surface area (Å²) in [5.74, 6) is 0. The molecule has 36 heteroatoms. The molecule has 218 valence electrons. The molecule has 0 fully saturated rings. The second kappa shape index (κ2) is 28.8. The molecular weight excluding hydrogens is 1120 g/mol. The lowest BCUT2D eigenvalue weighted by atomic mass is 28.5. The molecule has 23 atom stereocenters. The molecular formula is H38P36. The maximum atomic E-state index is 10.6. The fourth-order valence-electron chi connectivity index (χ4n) is 1.87. The van der Waals surface area contributed by atoms with Gasteiger partial charge in [0, 0.05) is 0 Å². The fourth-order valence-corrected chi connectivity index (χ4v) is 454. The van der Waals surface area contributed by atoms with E-state index in [-0.39, 0.29) is 112 Å². The molecule has 0 bridgehead atoms. The minimum Gasteiger partial charge on any atom is -0.109 e. The first kappa shape index (κ1) is 49.5. The highest BCUT2D eigenvalue weighted by molar-refractivity contribution is 9.41. The first-order chi connectivity index (χ1) is 16.8. The van der Waals surface area contributed by atoms with Gasteiger partial charge in [-0.05, 0) is 120 Å². The normalized spacial score (nSPS) is 18.0. The molecule has 36 heavy (non-hydrogen) atoms. The summed E-state index contributed by atoms with van der Waals surface area (Å²) in [5.41, 5.74) is 0. The number of hydrogen-bond acceptors (Lipinski definition) is 0. The summed E-state index contributed by atoms with van der Waals surface area (Å²) in [6.07, 6.45) is 0. The zero-order chi connectivity index (χ0) is 29.5. The van der Waals surface area contributed by atoms with Gasteiger partial charge in [0.25, 0.3) is 0 Å². The van der Waals surface area contributed by atoms with Gasteiger partial charge in [0.2, 0.25) is 0 Å². The summed E-state index contributed by atoms with van der Waals surface area (Å²) in [6.45, 7) is -2.92. The van der Waals surface area contributed by atoms with E-state index in [1.807, 2.05) is 0 Å². The molecule has 0 saturated carbocycles. The van der Waals surface area contributed by atoms with Gasteiger partial charge in [0.05, 0.1) is 1.28 Å². The first-order valence-corrected chi connectivity index (χ1v) is 72.9. The average molecular weight is 1160 g/mol. The van der Waals surface area contributed by atoms with E-state index in [2.05, 4.69) is 161 Å². The van der Waals surface area contributed by atoms with Crippen LogP contribution in [0.3, 0.4) is 0 Å². The van der Waals surface area contributed by atoms with E-state index in [9.17, 15) is 1.28 Å². The Balaban J connectivity index is 7.57. The van der Waals surface area contributed by atoms with Crippen LogP contribution in [0, 0.1) is 0 Å². The van der Waals surface area contributed by atoms with Crippen LogP contribution >= 0.6 is 288 Å². The van der Waals surface area contributed by atoms with Crippen LogP contribution < -0.4 is 0 Å². The Labute approximate surface area is 286 Å². The van der Waals surface area contributed by atoms with Gasteiger partial charge in [-0.2, -0.15) is 0 Å². The summed E-state index contributed by atoms with van der Waals surface area (Å²) in [6, 6.07) is 0. The Morgan fingerprint density at radius 1 is 0.361 bits per heavy atom. The highest BCUT2D eigenvalue weighted by atomic mass is 33.5. The van der Waals surface area contributed by atoms with Crippen LogP contribution in [0.5, 0.6) is 0 Å². The van der Waals surface area contributed by atoms with Crippen LogP contribution in [0.25, 0.3) is 0 Å². The number of hydrogen-bond donors (Lipinski definition) is 0. The lowest BCUT2D eigenvalue weighted by Crippen LogP contribution is -1.61. The molecule has 0 aromatic rings. The van der Waals surface area contributed by atoms with Crippen molar-refractivity contribution in [1.29, 1.82) is 1.28 Å². The lowest BCUT2D eigenvalue weighted by Gasteiger charge is -2.49. The number of rotatable bonds is 17. The van der Waals surface area contributed by atoms with Crippen molar-refractivity contribution in [3.05, 3.63) is 0 Å². The van der Waals surface area contributed by atoms with Gasteiger partial charge in [0.1, 0.15) is 0 Å². The van der Waals surface area contributed by atoms with E-state index in [1.165, 1.54) is 0 Å². The molecule has 0 radical (unpaired) electrons. The van der Waals surface area contributed by atoms with E-state index >= 15 is 0 Å². The Hall–Kier alpha value is 15.5. The molecule has 0 aliphatic carbocycles. The molecule has 0 nitrogen and oxygen atoms in total. The lowest BCUT2D eigenvalue weighted by molar-refractivity contribution is 4.45.